The number of carbonyl (C=O) groups is 3. The van der Waals surface area contributed by atoms with Crippen LogP contribution in [-0.4, -0.2) is 66.0 Å². The van der Waals surface area contributed by atoms with Gasteiger partial charge < -0.3 is 27.2 Å². The molecule has 3 heterocycles. The molecule has 11 nitrogen and oxygen atoms in total. The van der Waals surface area contributed by atoms with Crippen molar-refractivity contribution in [2.45, 2.75) is 28.7 Å². The van der Waals surface area contributed by atoms with Crippen molar-refractivity contribution in [2.24, 2.45) is 11.5 Å². The van der Waals surface area contributed by atoms with Gasteiger partial charge >= 0.3 is 5.97 Å². The number of aromatic nitrogens is 2. The molecule has 0 aliphatic carbocycles. The number of nitrogens with two attached hydrogens (primary N) is 2. The minimum atomic E-state index is -1.18. The largest absolute Gasteiger partial charge is 0.477 e. The fraction of sp³-hybridized carbons (Fsp3) is 0.300. The Kier molecular flexibility index (Phi) is 7.61. The topological polar surface area (TPSA) is 177 Å². The number of fused-ring (bicyclic) bond motifs is 1. The van der Waals surface area contributed by atoms with Gasteiger partial charge in [-0.25, -0.2) is 4.79 Å². The van der Waals surface area contributed by atoms with E-state index in [0.29, 0.717) is 28.3 Å². The predicted octanol–water partition coefficient (Wildman–Crippen LogP) is 1.03. The van der Waals surface area contributed by atoms with E-state index in [1.54, 1.807) is 24.3 Å². The number of nitrogens with zero attached hydrogens (tertiary/aromatic N) is 3. The van der Waals surface area contributed by atoms with Gasteiger partial charge in [0.15, 0.2) is 9.45 Å². The van der Waals surface area contributed by atoms with Gasteiger partial charge in [0.05, 0.1) is 0 Å². The number of benzene rings is 1. The average Bonchev–Trinajstić information content (AvgIpc) is 3.24. The van der Waals surface area contributed by atoms with Crippen molar-refractivity contribution < 1.29 is 19.5 Å². The summed E-state index contributed by atoms with van der Waals surface area (Å²) in [5.41, 5.74) is 13.3. The van der Waals surface area contributed by atoms with E-state index >= 15 is 0 Å². The molecule has 0 saturated carbocycles. The van der Waals surface area contributed by atoms with Crippen molar-refractivity contribution in [1.82, 2.24) is 20.4 Å². The van der Waals surface area contributed by atoms with Crippen LogP contribution >= 0.6 is 47.1 Å². The number of amides is 2. The molecule has 184 valence electrons. The average molecular weight is 552 g/mol. The van der Waals surface area contributed by atoms with Crippen molar-refractivity contribution in [3.63, 3.8) is 0 Å². The molecule has 0 spiro atoms. The minimum Gasteiger partial charge on any atom is -0.477 e. The van der Waals surface area contributed by atoms with Crippen molar-refractivity contribution >= 4 is 75.7 Å². The first kappa shape index (κ1) is 25.4. The van der Waals surface area contributed by atoms with Gasteiger partial charge in [0.1, 0.15) is 28.2 Å². The first-order valence-corrected chi connectivity index (χ1v) is 13.5. The Morgan fingerprint density at radius 2 is 2.06 bits per heavy atom. The van der Waals surface area contributed by atoms with E-state index in [2.05, 4.69) is 20.8 Å². The number of nitrogens with one attached hydrogen (secondary N) is 2. The Labute approximate surface area is 218 Å². The molecule has 15 heteroatoms. The van der Waals surface area contributed by atoms with Crippen molar-refractivity contribution in [2.75, 3.05) is 16.8 Å². The summed E-state index contributed by atoms with van der Waals surface area (Å²) in [6.07, 6.45) is 0. The summed E-state index contributed by atoms with van der Waals surface area (Å²) >= 11 is 9.00. The normalized spacial score (nSPS) is 20.1. The third-order valence-corrected chi connectivity index (χ3v) is 8.74. The number of anilines is 1. The van der Waals surface area contributed by atoms with Crippen LogP contribution in [0.25, 0.3) is 0 Å². The lowest BCUT2D eigenvalue weighted by Gasteiger charge is -2.49. The molecule has 3 atom stereocenters. The number of hydrogen-bond donors (Lipinski definition) is 5. The first-order valence-electron chi connectivity index (χ1n) is 10.2. The van der Waals surface area contributed by atoms with Crippen LogP contribution < -0.4 is 22.1 Å². The third-order valence-electron chi connectivity index (χ3n) is 5.24. The van der Waals surface area contributed by atoms with Crippen molar-refractivity contribution in [3.05, 3.63) is 46.1 Å². The van der Waals surface area contributed by atoms with E-state index < -0.39 is 35.2 Å². The smallest absolute Gasteiger partial charge is 0.352 e. The molecule has 2 aliphatic heterocycles. The summed E-state index contributed by atoms with van der Waals surface area (Å²) in [5, 5.41) is 23.7. The quantitative estimate of drug-likeness (QED) is 0.179. The SMILES string of the molecule is Cc1nnc(SCC2=C(C(=O)O)N3C(=O)C(NC(=O)C(N)c4ccc(NC(N)=S)cc4)[C@H]3SC2)s1. The maximum atomic E-state index is 12.9. The molecule has 1 aromatic carbocycles. The number of carboxylic acids is 1. The number of thiocarbonyl (C=S) groups is 1. The molecule has 1 aromatic heterocycles. The van der Waals surface area contributed by atoms with Crippen LogP contribution in [0.2, 0.25) is 0 Å². The van der Waals surface area contributed by atoms with Gasteiger partial charge in [0.2, 0.25) is 5.91 Å². The Balaban J connectivity index is 1.41. The highest BCUT2D eigenvalue weighted by molar-refractivity contribution is 8.01. The number of thioether (sulfide) groups is 2. The molecule has 1 saturated heterocycles. The lowest BCUT2D eigenvalue weighted by molar-refractivity contribution is -0.150. The molecule has 0 radical (unpaired) electrons. The molecule has 7 N–H and O–H groups in total. The van der Waals surface area contributed by atoms with Crippen molar-refractivity contribution in [3.8, 4) is 0 Å². The maximum Gasteiger partial charge on any atom is 0.352 e. The second-order valence-corrected chi connectivity index (χ2v) is 11.6. The fourth-order valence-electron chi connectivity index (χ4n) is 3.59. The van der Waals surface area contributed by atoms with Crippen LogP contribution in [0.5, 0.6) is 0 Å². The number of aliphatic carboxylic acids is 1. The summed E-state index contributed by atoms with van der Waals surface area (Å²) in [4.78, 5) is 38.9. The van der Waals surface area contributed by atoms with Crippen LogP contribution in [0.3, 0.4) is 0 Å². The van der Waals surface area contributed by atoms with Crippen molar-refractivity contribution in [1.29, 1.82) is 0 Å². The molecule has 0 bridgehead atoms. The fourth-order valence-corrected chi connectivity index (χ4v) is 7.01. The second kappa shape index (κ2) is 10.5. The molecule has 2 amide bonds. The molecule has 2 aromatic rings. The zero-order valence-corrected chi connectivity index (χ0v) is 21.5. The van der Waals surface area contributed by atoms with Gasteiger partial charge in [-0.1, -0.05) is 35.2 Å². The van der Waals surface area contributed by atoms with Gasteiger partial charge in [-0.3, -0.25) is 14.5 Å². The van der Waals surface area contributed by atoms with E-state index in [0.717, 1.165) is 9.35 Å². The Hall–Kier alpha value is -2.72. The van der Waals surface area contributed by atoms with E-state index in [1.165, 1.54) is 39.8 Å². The van der Waals surface area contributed by atoms with Crippen LogP contribution in [0.1, 0.15) is 16.6 Å². The zero-order valence-electron chi connectivity index (χ0n) is 18.3. The number of carbonyl (C=O) groups excluding carboxylic acids is 2. The number of carboxylic acid groups (broad SMARTS) is 1. The van der Waals surface area contributed by atoms with Gasteiger partial charge in [-0.05, 0) is 42.4 Å². The number of hydrogen-bond acceptors (Lipinski definition) is 10. The highest BCUT2D eigenvalue weighted by Crippen LogP contribution is 2.42. The van der Waals surface area contributed by atoms with Gasteiger partial charge in [-0.15, -0.1) is 22.0 Å². The molecule has 2 aliphatic rings. The summed E-state index contributed by atoms with van der Waals surface area (Å²) in [7, 11) is 0. The molecular weight excluding hydrogens is 531 g/mol. The zero-order chi connectivity index (χ0) is 25.3. The number of β-lactam (4-membered cyclic amide) rings is 1. The number of aryl methyl sites for hydroxylation is 1. The second-order valence-electron chi connectivity index (χ2n) is 7.62. The maximum absolute atomic E-state index is 12.9. The third kappa shape index (κ3) is 5.43. The van der Waals surface area contributed by atoms with Crippen LogP contribution in [0.4, 0.5) is 5.69 Å². The molecule has 2 unspecified atom stereocenters. The minimum absolute atomic E-state index is 0.0387. The summed E-state index contributed by atoms with van der Waals surface area (Å²) < 4.78 is 0.732. The highest BCUT2D eigenvalue weighted by atomic mass is 32.2. The highest BCUT2D eigenvalue weighted by Gasteiger charge is 2.54. The summed E-state index contributed by atoms with van der Waals surface area (Å²) in [6.45, 7) is 1.84. The summed E-state index contributed by atoms with van der Waals surface area (Å²) in [6, 6.07) is 4.81. The molecular formula is C20H21N7O4S4. The van der Waals surface area contributed by atoms with Crippen LogP contribution in [0, 0.1) is 6.92 Å². The first-order chi connectivity index (χ1) is 16.7. The number of rotatable bonds is 8. The van der Waals surface area contributed by atoms with E-state index in [1.807, 2.05) is 6.92 Å². The lowest BCUT2D eigenvalue weighted by atomic mass is 10.0. The molecule has 1 fully saturated rings. The lowest BCUT2D eigenvalue weighted by Crippen LogP contribution is -2.71. The monoisotopic (exact) mass is 551 g/mol. The van der Waals surface area contributed by atoms with Gasteiger partial charge in [-0.2, -0.15) is 0 Å². The van der Waals surface area contributed by atoms with Crippen LogP contribution in [-0.2, 0) is 14.4 Å². The Morgan fingerprint density at radius 3 is 2.66 bits per heavy atom. The standard InChI is InChI=1S/C20H21N7O4S4/c1-8-25-26-20(35-8)34-7-10-6-33-17-13(16(29)27(17)14(10)18(30)31)24-15(28)12(21)9-2-4-11(5-3-9)23-19(22)32/h2-5,12-13,17H,6-7,21H2,1H3,(H,24,28)(H,30,31)(H3,22,23,32)/t12?,13?,17-/m1/s1. The Morgan fingerprint density at radius 1 is 1.34 bits per heavy atom. The summed E-state index contributed by atoms with van der Waals surface area (Å²) in [5.74, 6) is -1.41. The predicted molar refractivity (Wildman–Crippen MR) is 139 cm³/mol. The van der Waals surface area contributed by atoms with E-state index in [-0.39, 0.29) is 10.8 Å². The molecule has 4 rings (SSSR count). The van der Waals surface area contributed by atoms with E-state index in [4.69, 9.17) is 23.7 Å². The van der Waals surface area contributed by atoms with Gasteiger partial charge in [0, 0.05) is 17.2 Å². The molecule has 35 heavy (non-hydrogen) atoms. The Bertz CT molecular complexity index is 1220. The van der Waals surface area contributed by atoms with Crippen LogP contribution in [0.15, 0.2) is 39.9 Å². The van der Waals surface area contributed by atoms with Gasteiger partial charge in [0.25, 0.3) is 5.91 Å². The van der Waals surface area contributed by atoms with E-state index in [9.17, 15) is 19.5 Å².